The molecule has 2 aromatic rings. The van der Waals surface area contributed by atoms with Gasteiger partial charge in [0.15, 0.2) is 0 Å². The Kier molecular flexibility index (Phi) is 2.44. The highest BCUT2D eigenvalue weighted by Gasteiger charge is 2.17. The second kappa shape index (κ2) is 4.08. The lowest BCUT2D eigenvalue weighted by atomic mass is 9.96. The minimum absolute atomic E-state index is 0.587. The summed E-state index contributed by atoms with van der Waals surface area (Å²) in [5.74, 6) is 0.587. The van der Waals surface area contributed by atoms with Crippen molar-refractivity contribution in [2.45, 2.75) is 31.7 Å². The van der Waals surface area contributed by atoms with Gasteiger partial charge < -0.3 is 4.57 Å². The van der Waals surface area contributed by atoms with Gasteiger partial charge in [-0.05, 0) is 30.9 Å². The van der Waals surface area contributed by atoms with E-state index in [4.69, 9.17) is 0 Å². The summed E-state index contributed by atoms with van der Waals surface area (Å²) in [5.41, 5.74) is 2.72. The Morgan fingerprint density at radius 2 is 2.25 bits per heavy atom. The number of nitrogens with zero attached hydrogens (tertiary/aromatic N) is 3. The van der Waals surface area contributed by atoms with Crippen molar-refractivity contribution >= 4 is 0 Å². The third-order valence-corrected chi connectivity index (χ3v) is 3.36. The summed E-state index contributed by atoms with van der Waals surface area (Å²) in [7, 11) is 0. The van der Waals surface area contributed by atoms with E-state index in [2.05, 4.69) is 20.6 Å². The molecule has 2 aromatic heterocycles. The van der Waals surface area contributed by atoms with E-state index in [1.54, 1.807) is 0 Å². The average molecular weight is 213 g/mol. The van der Waals surface area contributed by atoms with Gasteiger partial charge in [0.25, 0.3) is 0 Å². The quantitative estimate of drug-likeness (QED) is 0.728. The predicted octanol–water partition coefficient (Wildman–Crippen LogP) is 2.40. The van der Waals surface area contributed by atoms with Crippen molar-refractivity contribution in [2.24, 2.45) is 0 Å². The molecule has 0 bridgehead atoms. The molecular weight excluding hydrogens is 198 g/mol. The highest BCUT2D eigenvalue weighted by Crippen LogP contribution is 2.27. The minimum atomic E-state index is 0.587. The first-order valence-corrected chi connectivity index (χ1v) is 5.82. The standard InChI is InChI=1S/C13H15N3/c1-3-12(11-4-2-6-14-7-11)9-16-10-15-8-13(16)5-1/h2,4,6-8,10,12H,1,3,5,9H2. The van der Waals surface area contributed by atoms with Crippen LogP contribution in [0.2, 0.25) is 0 Å². The number of pyridine rings is 1. The van der Waals surface area contributed by atoms with E-state index in [0.29, 0.717) is 5.92 Å². The normalized spacial score (nSPS) is 20.1. The Hall–Kier alpha value is -1.64. The number of rotatable bonds is 1. The zero-order valence-corrected chi connectivity index (χ0v) is 9.21. The molecule has 0 saturated carbocycles. The number of aromatic nitrogens is 3. The highest BCUT2D eigenvalue weighted by atomic mass is 15.0. The van der Waals surface area contributed by atoms with Crippen LogP contribution in [0.4, 0.5) is 0 Å². The number of imidazole rings is 1. The predicted molar refractivity (Wildman–Crippen MR) is 62.1 cm³/mol. The van der Waals surface area contributed by atoms with Crippen LogP contribution < -0.4 is 0 Å². The molecule has 1 aliphatic rings. The fourth-order valence-corrected chi connectivity index (χ4v) is 2.47. The molecule has 0 saturated heterocycles. The van der Waals surface area contributed by atoms with Crippen molar-refractivity contribution in [3.63, 3.8) is 0 Å². The second-order valence-electron chi connectivity index (χ2n) is 4.41. The number of hydrogen-bond acceptors (Lipinski definition) is 2. The van der Waals surface area contributed by atoms with Crippen LogP contribution in [0.1, 0.15) is 30.0 Å². The molecule has 0 fully saturated rings. The molecule has 3 heterocycles. The van der Waals surface area contributed by atoms with E-state index < -0.39 is 0 Å². The van der Waals surface area contributed by atoms with Crippen LogP contribution in [0.15, 0.2) is 37.1 Å². The topological polar surface area (TPSA) is 30.7 Å². The van der Waals surface area contributed by atoms with Gasteiger partial charge >= 0.3 is 0 Å². The molecule has 82 valence electrons. The van der Waals surface area contributed by atoms with Crippen molar-refractivity contribution in [3.8, 4) is 0 Å². The first-order chi connectivity index (χ1) is 7.93. The third-order valence-electron chi connectivity index (χ3n) is 3.36. The van der Waals surface area contributed by atoms with Gasteiger partial charge in [-0.1, -0.05) is 6.07 Å². The van der Waals surface area contributed by atoms with Gasteiger partial charge in [0.1, 0.15) is 0 Å². The average Bonchev–Trinajstić information content (AvgIpc) is 2.68. The number of aryl methyl sites for hydroxylation is 1. The molecule has 0 amide bonds. The molecule has 0 N–H and O–H groups in total. The van der Waals surface area contributed by atoms with Crippen LogP contribution in [0.5, 0.6) is 0 Å². The monoisotopic (exact) mass is 213 g/mol. The Bertz CT molecular complexity index is 461. The van der Waals surface area contributed by atoms with E-state index >= 15 is 0 Å². The van der Waals surface area contributed by atoms with Crippen LogP contribution in [-0.4, -0.2) is 14.5 Å². The maximum absolute atomic E-state index is 4.22. The molecule has 3 heteroatoms. The Morgan fingerprint density at radius 1 is 1.25 bits per heavy atom. The van der Waals surface area contributed by atoms with Gasteiger partial charge in [-0.3, -0.25) is 4.98 Å². The van der Waals surface area contributed by atoms with E-state index in [0.717, 1.165) is 13.0 Å². The molecule has 3 nitrogen and oxygen atoms in total. The molecule has 3 rings (SSSR count). The SMILES string of the molecule is c1cncc(C2CCCc3cncn3C2)c1. The number of hydrogen-bond donors (Lipinski definition) is 0. The fraction of sp³-hybridized carbons (Fsp3) is 0.385. The van der Waals surface area contributed by atoms with E-state index in [1.165, 1.54) is 24.1 Å². The lowest BCUT2D eigenvalue weighted by Crippen LogP contribution is -2.07. The summed E-state index contributed by atoms with van der Waals surface area (Å²) < 4.78 is 2.28. The van der Waals surface area contributed by atoms with Crippen molar-refractivity contribution < 1.29 is 0 Å². The van der Waals surface area contributed by atoms with Crippen molar-refractivity contribution in [2.75, 3.05) is 0 Å². The molecule has 1 atom stereocenters. The van der Waals surface area contributed by atoms with Crippen LogP contribution in [0.25, 0.3) is 0 Å². The van der Waals surface area contributed by atoms with E-state index in [9.17, 15) is 0 Å². The molecule has 0 radical (unpaired) electrons. The van der Waals surface area contributed by atoms with Crippen molar-refractivity contribution in [3.05, 3.63) is 48.3 Å². The number of fused-ring (bicyclic) bond motifs is 1. The van der Waals surface area contributed by atoms with Gasteiger partial charge in [0.05, 0.1) is 6.33 Å². The van der Waals surface area contributed by atoms with Crippen LogP contribution >= 0.6 is 0 Å². The van der Waals surface area contributed by atoms with Gasteiger partial charge in [0, 0.05) is 36.7 Å². The van der Waals surface area contributed by atoms with Gasteiger partial charge in [0.2, 0.25) is 0 Å². The molecule has 0 aliphatic carbocycles. The summed E-state index contributed by atoms with van der Waals surface area (Å²) in [6.45, 7) is 1.04. The van der Waals surface area contributed by atoms with Gasteiger partial charge in [-0.15, -0.1) is 0 Å². The zero-order chi connectivity index (χ0) is 10.8. The van der Waals surface area contributed by atoms with E-state index in [-0.39, 0.29) is 0 Å². The van der Waals surface area contributed by atoms with Crippen molar-refractivity contribution in [1.29, 1.82) is 0 Å². The van der Waals surface area contributed by atoms with E-state index in [1.807, 2.05) is 31.0 Å². The molecule has 0 aromatic carbocycles. The third kappa shape index (κ3) is 1.73. The molecule has 0 spiro atoms. The maximum Gasteiger partial charge on any atom is 0.0948 e. The molecule has 16 heavy (non-hydrogen) atoms. The first-order valence-electron chi connectivity index (χ1n) is 5.82. The van der Waals surface area contributed by atoms with Gasteiger partial charge in [-0.2, -0.15) is 0 Å². The summed E-state index contributed by atoms with van der Waals surface area (Å²) in [4.78, 5) is 8.43. The second-order valence-corrected chi connectivity index (χ2v) is 4.41. The van der Waals surface area contributed by atoms with Gasteiger partial charge in [-0.25, -0.2) is 4.98 Å². The largest absolute Gasteiger partial charge is 0.334 e. The summed E-state index contributed by atoms with van der Waals surface area (Å²) in [6, 6.07) is 4.20. The Morgan fingerprint density at radius 3 is 3.12 bits per heavy atom. The fourth-order valence-electron chi connectivity index (χ4n) is 2.47. The van der Waals surface area contributed by atoms with Crippen molar-refractivity contribution in [1.82, 2.24) is 14.5 Å². The Balaban J connectivity index is 1.89. The zero-order valence-electron chi connectivity index (χ0n) is 9.21. The summed E-state index contributed by atoms with van der Waals surface area (Å²) >= 11 is 0. The molecular formula is C13H15N3. The lowest BCUT2D eigenvalue weighted by Gasteiger charge is -2.14. The van der Waals surface area contributed by atoms with Crippen LogP contribution in [0, 0.1) is 0 Å². The summed E-state index contributed by atoms with van der Waals surface area (Å²) in [6.07, 6.45) is 11.4. The Labute approximate surface area is 95.2 Å². The summed E-state index contributed by atoms with van der Waals surface area (Å²) in [5, 5.41) is 0. The maximum atomic E-state index is 4.22. The van der Waals surface area contributed by atoms with Crippen LogP contribution in [-0.2, 0) is 13.0 Å². The highest BCUT2D eigenvalue weighted by molar-refractivity contribution is 5.16. The first kappa shape index (κ1) is 9.58. The molecule has 1 aliphatic heterocycles. The lowest BCUT2D eigenvalue weighted by molar-refractivity contribution is 0.540. The van der Waals surface area contributed by atoms with Crippen LogP contribution in [0.3, 0.4) is 0 Å². The minimum Gasteiger partial charge on any atom is -0.334 e. The smallest absolute Gasteiger partial charge is 0.0948 e. The molecule has 1 unspecified atom stereocenters.